The highest BCUT2D eigenvalue weighted by atomic mass is 35.5. The van der Waals surface area contributed by atoms with Crippen LogP contribution in [-0.4, -0.2) is 92.0 Å². The number of rotatable bonds is 12. The third-order valence-corrected chi connectivity index (χ3v) is 9.14. The maximum absolute atomic E-state index is 14.3. The number of halogens is 2. The molecular formula is C35H42ClFN4O7. The smallest absolute Gasteiger partial charge is 0.335 e. The van der Waals surface area contributed by atoms with Gasteiger partial charge in [-0.15, -0.1) is 0 Å². The maximum atomic E-state index is 14.3. The van der Waals surface area contributed by atoms with E-state index in [4.69, 9.17) is 47.1 Å². The highest BCUT2D eigenvalue weighted by Gasteiger charge is 2.27. The van der Waals surface area contributed by atoms with Crippen molar-refractivity contribution in [2.45, 2.75) is 56.5 Å². The minimum Gasteiger partial charge on any atom is -0.489 e. The Labute approximate surface area is 283 Å². The molecule has 0 spiro atoms. The van der Waals surface area contributed by atoms with Crippen LogP contribution in [0, 0.1) is 5.82 Å². The van der Waals surface area contributed by atoms with E-state index in [1.807, 2.05) is 18.2 Å². The zero-order valence-electron chi connectivity index (χ0n) is 26.6. The summed E-state index contributed by atoms with van der Waals surface area (Å²) in [6.07, 6.45) is 3.05. The van der Waals surface area contributed by atoms with Crippen molar-refractivity contribution in [3.05, 3.63) is 94.0 Å². The number of para-hydroxylation sites is 1. The molecule has 4 aromatic rings. The Kier molecular flexibility index (Phi) is 12.0. The number of benzene rings is 3. The molecule has 6 rings (SSSR count). The normalized spacial score (nSPS) is 17.1. The largest absolute Gasteiger partial charge is 0.489 e. The summed E-state index contributed by atoms with van der Waals surface area (Å²) in [5.41, 5.74) is 7.45. The number of carboxylic acid groups (broad SMARTS) is 1. The summed E-state index contributed by atoms with van der Waals surface area (Å²) in [4.78, 5) is 18.9. The van der Waals surface area contributed by atoms with Crippen LogP contribution in [-0.2, 0) is 24.4 Å². The van der Waals surface area contributed by atoms with Gasteiger partial charge in [-0.05, 0) is 80.2 Å². The summed E-state index contributed by atoms with van der Waals surface area (Å²) >= 11 is 5.88. The lowest BCUT2D eigenvalue weighted by Crippen LogP contribution is -2.50. The van der Waals surface area contributed by atoms with Crippen molar-refractivity contribution in [2.75, 3.05) is 39.5 Å². The quantitative estimate of drug-likeness (QED) is 0.148. The van der Waals surface area contributed by atoms with Gasteiger partial charge in [0, 0.05) is 17.2 Å². The lowest BCUT2D eigenvalue weighted by atomic mass is 9.89. The number of piperidine rings is 1. The van der Waals surface area contributed by atoms with Crippen LogP contribution in [0.15, 0.2) is 60.7 Å². The predicted octanol–water partition coefficient (Wildman–Crippen LogP) is 3.94. The number of hydrogen-bond acceptors (Lipinski definition) is 9. The van der Waals surface area contributed by atoms with E-state index in [2.05, 4.69) is 15.5 Å². The summed E-state index contributed by atoms with van der Waals surface area (Å²) in [6, 6.07) is 17.8. The average Bonchev–Trinajstić information content (AvgIpc) is 3.42. The molecule has 11 nitrogen and oxygen atoms in total. The van der Waals surface area contributed by atoms with E-state index in [1.165, 1.54) is 6.07 Å². The van der Waals surface area contributed by atoms with E-state index in [0.717, 1.165) is 67.1 Å². The van der Waals surface area contributed by atoms with Crippen LogP contribution in [0.5, 0.6) is 5.75 Å². The van der Waals surface area contributed by atoms with Crippen molar-refractivity contribution >= 4 is 28.6 Å². The highest BCUT2D eigenvalue weighted by Crippen LogP contribution is 2.35. The number of nitrogens with two attached hydrogens (primary N) is 1. The lowest BCUT2D eigenvalue weighted by molar-refractivity contribution is -0.0592. The molecule has 2 saturated heterocycles. The summed E-state index contributed by atoms with van der Waals surface area (Å²) in [5, 5.41) is 34.9. The number of imidazole rings is 1. The van der Waals surface area contributed by atoms with E-state index in [0.29, 0.717) is 29.6 Å². The number of aromatic nitrogens is 2. The van der Waals surface area contributed by atoms with Gasteiger partial charge in [0.2, 0.25) is 0 Å². The Morgan fingerprint density at radius 3 is 2.35 bits per heavy atom. The van der Waals surface area contributed by atoms with E-state index in [9.17, 15) is 14.3 Å². The Morgan fingerprint density at radius 1 is 1.04 bits per heavy atom. The van der Waals surface area contributed by atoms with Gasteiger partial charge in [0.25, 0.3) is 0 Å². The summed E-state index contributed by atoms with van der Waals surface area (Å²) in [7, 11) is 0. The van der Waals surface area contributed by atoms with Gasteiger partial charge in [-0.3, -0.25) is 4.90 Å². The fraction of sp³-hybridized carbons (Fsp3) is 0.429. The van der Waals surface area contributed by atoms with Crippen LogP contribution in [0.4, 0.5) is 4.39 Å². The van der Waals surface area contributed by atoms with Crippen molar-refractivity contribution in [3.8, 4) is 5.75 Å². The monoisotopic (exact) mass is 684 g/mol. The minimum absolute atomic E-state index is 0.133. The number of likely N-dealkylation sites (tertiary alicyclic amines) is 1. The average molecular weight is 685 g/mol. The van der Waals surface area contributed by atoms with Crippen LogP contribution in [0.25, 0.3) is 11.0 Å². The van der Waals surface area contributed by atoms with E-state index >= 15 is 0 Å². The SMILES string of the molecule is NC(CO)(CO)CO.O=C(O)c1ccc2nc(CN3CCC(c4ccccc4OCc4ccc(Cl)cc4F)CC3)n(C[C@@H]3CCO3)c2c1. The molecule has 3 aromatic carbocycles. The molecule has 0 radical (unpaired) electrons. The van der Waals surface area contributed by atoms with E-state index in [-0.39, 0.29) is 24.1 Å². The molecule has 13 heteroatoms. The molecule has 1 atom stereocenters. The van der Waals surface area contributed by atoms with Gasteiger partial charge in [0.05, 0.1) is 61.1 Å². The van der Waals surface area contributed by atoms with Crippen LogP contribution in [0.2, 0.25) is 5.02 Å². The Bertz CT molecular complexity index is 1680. The first-order valence-electron chi connectivity index (χ1n) is 16.0. The molecule has 1 aromatic heterocycles. The number of aromatic carboxylic acids is 1. The van der Waals surface area contributed by atoms with Crippen molar-refractivity contribution < 1.29 is 39.1 Å². The van der Waals surface area contributed by atoms with E-state index in [1.54, 1.807) is 30.3 Å². The van der Waals surface area contributed by atoms with Crippen LogP contribution < -0.4 is 10.5 Å². The van der Waals surface area contributed by atoms with Crippen molar-refractivity contribution in [1.29, 1.82) is 0 Å². The van der Waals surface area contributed by atoms with Crippen LogP contribution in [0.3, 0.4) is 0 Å². The van der Waals surface area contributed by atoms with Gasteiger partial charge in [-0.2, -0.15) is 0 Å². The standard InChI is InChI=1S/C31H31ClFN3O4.C4H11NO3/c32-23-7-5-22(26(33)16-23)19-40-29-4-2-1-3-25(29)20-9-12-35(13-10-20)18-30-34-27-8-6-21(31(37)38)15-28(27)36(30)17-24-11-14-39-24;5-4(1-6,2-7)3-8/h1-8,15-16,20,24H,9-14,17-19H2,(H,37,38);6-8H,1-3,5H2/t24-;/m0./s1. The summed E-state index contributed by atoms with van der Waals surface area (Å²) in [6.45, 7) is 2.85. The maximum Gasteiger partial charge on any atom is 0.335 e. The predicted molar refractivity (Wildman–Crippen MR) is 179 cm³/mol. The molecule has 2 fully saturated rings. The van der Waals surface area contributed by atoms with Crippen LogP contribution >= 0.6 is 11.6 Å². The summed E-state index contributed by atoms with van der Waals surface area (Å²) in [5.74, 6) is 0.739. The zero-order chi connectivity index (χ0) is 34.3. The van der Waals surface area contributed by atoms with Gasteiger partial charge < -0.3 is 40.2 Å². The third-order valence-electron chi connectivity index (χ3n) is 8.91. The number of ether oxygens (including phenoxy) is 2. The molecule has 0 aliphatic carbocycles. The molecule has 0 unspecified atom stereocenters. The lowest BCUT2D eigenvalue weighted by Gasteiger charge is -2.33. The fourth-order valence-electron chi connectivity index (χ4n) is 5.76. The number of nitrogens with zero attached hydrogens (tertiary/aromatic N) is 3. The molecule has 6 N–H and O–H groups in total. The fourth-order valence-corrected chi connectivity index (χ4v) is 5.92. The topological polar surface area (TPSA) is 164 Å². The first-order chi connectivity index (χ1) is 23.1. The van der Waals surface area contributed by atoms with Gasteiger partial charge >= 0.3 is 5.97 Å². The van der Waals surface area contributed by atoms with Crippen molar-refractivity contribution in [2.24, 2.45) is 5.73 Å². The molecule has 2 aliphatic rings. The Hall–Kier alpha value is -3.62. The number of fused-ring (bicyclic) bond motifs is 1. The molecule has 48 heavy (non-hydrogen) atoms. The Balaban J connectivity index is 0.000000503. The second-order valence-electron chi connectivity index (χ2n) is 12.4. The molecule has 0 bridgehead atoms. The number of aliphatic hydroxyl groups is 3. The van der Waals surface area contributed by atoms with Crippen molar-refractivity contribution in [3.63, 3.8) is 0 Å². The Morgan fingerprint density at radius 2 is 1.75 bits per heavy atom. The molecular weight excluding hydrogens is 643 g/mol. The number of hydrogen-bond donors (Lipinski definition) is 5. The molecule has 0 amide bonds. The van der Waals surface area contributed by atoms with Crippen LogP contribution in [0.1, 0.15) is 52.5 Å². The molecule has 2 aliphatic heterocycles. The van der Waals surface area contributed by atoms with Gasteiger partial charge in [-0.1, -0.05) is 35.9 Å². The number of carbonyl (C=O) groups is 1. The summed E-state index contributed by atoms with van der Waals surface area (Å²) < 4.78 is 28.2. The van der Waals surface area contributed by atoms with Gasteiger partial charge in [0.15, 0.2) is 0 Å². The second kappa shape index (κ2) is 16.2. The van der Waals surface area contributed by atoms with Gasteiger partial charge in [-0.25, -0.2) is 14.2 Å². The van der Waals surface area contributed by atoms with E-state index < -0.39 is 31.3 Å². The number of aliphatic hydroxyl groups excluding tert-OH is 3. The molecule has 0 saturated carbocycles. The minimum atomic E-state index is -1.21. The molecule has 258 valence electrons. The third kappa shape index (κ3) is 8.69. The highest BCUT2D eigenvalue weighted by molar-refractivity contribution is 6.30. The zero-order valence-corrected chi connectivity index (χ0v) is 27.4. The van der Waals surface area contributed by atoms with Crippen molar-refractivity contribution in [1.82, 2.24) is 14.5 Å². The first-order valence-corrected chi connectivity index (χ1v) is 16.3. The molecule has 3 heterocycles. The first kappa shape index (κ1) is 35.7. The second-order valence-corrected chi connectivity index (χ2v) is 12.8. The van der Waals surface area contributed by atoms with Gasteiger partial charge in [0.1, 0.15) is 24.0 Å². The number of carboxylic acids is 1.